The fraction of sp³-hybridized carbons (Fsp3) is 0.600. The van der Waals surface area contributed by atoms with E-state index in [1.54, 1.807) is 0 Å². The Bertz CT molecular complexity index is 346. The van der Waals surface area contributed by atoms with Gasteiger partial charge >= 0.3 is 0 Å². The zero-order chi connectivity index (χ0) is 11.4. The molecule has 15 heavy (non-hydrogen) atoms. The Hall–Kier alpha value is -0.320. The lowest BCUT2D eigenvalue weighted by Crippen LogP contribution is -2.05. The van der Waals surface area contributed by atoms with E-state index in [2.05, 4.69) is 9.97 Å². The molecular formula is C10H15ClN2OS. The van der Waals surface area contributed by atoms with E-state index < -0.39 is 0 Å². The molecule has 0 saturated heterocycles. The number of rotatable bonds is 4. The minimum atomic E-state index is 0.124. The highest BCUT2D eigenvalue weighted by atomic mass is 35.5. The van der Waals surface area contributed by atoms with Crippen LogP contribution in [-0.4, -0.2) is 26.9 Å². The van der Waals surface area contributed by atoms with Crippen molar-refractivity contribution in [3.8, 4) is 0 Å². The number of halogens is 1. The molecule has 0 spiro atoms. The van der Waals surface area contributed by atoms with Gasteiger partial charge in [0.05, 0.1) is 6.61 Å². The highest BCUT2D eigenvalue weighted by molar-refractivity contribution is 7.99. The maximum absolute atomic E-state index is 8.99. The van der Waals surface area contributed by atoms with E-state index in [0.29, 0.717) is 5.15 Å². The topological polar surface area (TPSA) is 46.0 Å². The van der Waals surface area contributed by atoms with Crippen molar-refractivity contribution < 1.29 is 5.11 Å². The van der Waals surface area contributed by atoms with E-state index in [4.69, 9.17) is 16.7 Å². The number of thioether (sulfide) groups is 1. The fourth-order valence-electron chi connectivity index (χ4n) is 1.01. The summed E-state index contributed by atoms with van der Waals surface area (Å²) < 4.78 is 0. The number of nitrogens with zero attached hydrogens (tertiary/aromatic N) is 2. The maximum Gasteiger partial charge on any atom is 0.136 e. The third-order valence-electron chi connectivity index (χ3n) is 1.97. The number of aliphatic hydroxyl groups is 1. The van der Waals surface area contributed by atoms with E-state index in [9.17, 15) is 0 Å². The van der Waals surface area contributed by atoms with Crippen LogP contribution in [0.15, 0.2) is 5.03 Å². The predicted octanol–water partition coefficient (Wildman–Crippen LogP) is 2.47. The van der Waals surface area contributed by atoms with Crippen LogP contribution in [0.2, 0.25) is 5.15 Å². The van der Waals surface area contributed by atoms with E-state index in [0.717, 1.165) is 22.8 Å². The Morgan fingerprint density at radius 2 is 2.13 bits per heavy atom. The van der Waals surface area contributed by atoms with Gasteiger partial charge in [-0.25, -0.2) is 9.97 Å². The molecule has 0 aliphatic carbocycles. The van der Waals surface area contributed by atoms with Crippen molar-refractivity contribution >= 4 is 23.4 Å². The summed E-state index contributed by atoms with van der Waals surface area (Å²) in [6.07, 6.45) is 0.765. The average Bonchev–Trinajstić information content (AvgIpc) is 2.24. The van der Waals surface area contributed by atoms with Crippen LogP contribution in [0.1, 0.15) is 25.2 Å². The fourth-order valence-corrected chi connectivity index (χ4v) is 2.14. The minimum Gasteiger partial charge on any atom is -0.395 e. The number of hydrogen-bond donors (Lipinski definition) is 1. The summed E-state index contributed by atoms with van der Waals surface area (Å²) in [5, 5.41) is 10.5. The molecule has 0 bridgehead atoms. The molecule has 84 valence electrons. The van der Waals surface area contributed by atoms with Gasteiger partial charge in [0.2, 0.25) is 0 Å². The number of aryl methyl sites for hydroxylation is 1. The molecule has 1 aromatic rings. The molecule has 0 saturated carbocycles. The van der Waals surface area contributed by atoms with Crippen LogP contribution in [-0.2, 0) is 6.42 Å². The van der Waals surface area contributed by atoms with Crippen LogP contribution in [0.25, 0.3) is 0 Å². The van der Waals surface area contributed by atoms with Crippen molar-refractivity contribution in [2.45, 2.75) is 37.5 Å². The number of hydrogen-bond acceptors (Lipinski definition) is 4. The Morgan fingerprint density at radius 3 is 2.67 bits per heavy atom. The van der Waals surface area contributed by atoms with Crippen LogP contribution in [0.5, 0.6) is 0 Å². The largest absolute Gasteiger partial charge is 0.395 e. The van der Waals surface area contributed by atoms with Crippen molar-refractivity contribution in [3.05, 3.63) is 16.5 Å². The lowest BCUT2D eigenvalue weighted by Gasteiger charge is -2.11. The first-order valence-corrected chi connectivity index (χ1v) is 6.14. The summed E-state index contributed by atoms with van der Waals surface area (Å²) in [5.74, 6) is 0.748. The van der Waals surface area contributed by atoms with Gasteiger partial charge in [0.1, 0.15) is 16.0 Å². The van der Waals surface area contributed by atoms with Crippen molar-refractivity contribution in [2.24, 2.45) is 0 Å². The summed E-state index contributed by atoms with van der Waals surface area (Å²) in [7, 11) is 0. The monoisotopic (exact) mass is 246 g/mol. The zero-order valence-electron chi connectivity index (χ0n) is 9.12. The molecule has 0 radical (unpaired) electrons. The minimum absolute atomic E-state index is 0.124. The molecule has 0 aromatic carbocycles. The number of aromatic nitrogens is 2. The first kappa shape index (κ1) is 12.7. The van der Waals surface area contributed by atoms with E-state index in [-0.39, 0.29) is 11.9 Å². The van der Waals surface area contributed by atoms with Crippen LogP contribution >= 0.6 is 23.4 Å². The first-order valence-electron chi connectivity index (χ1n) is 4.89. The maximum atomic E-state index is 8.99. The van der Waals surface area contributed by atoms with Crippen LogP contribution in [0.3, 0.4) is 0 Å². The zero-order valence-corrected chi connectivity index (χ0v) is 10.7. The summed E-state index contributed by atoms with van der Waals surface area (Å²) in [5.41, 5.74) is 0.888. The van der Waals surface area contributed by atoms with E-state index in [1.165, 1.54) is 11.8 Å². The third kappa shape index (κ3) is 3.33. The molecular weight excluding hydrogens is 232 g/mol. The lowest BCUT2D eigenvalue weighted by atomic mass is 10.3. The van der Waals surface area contributed by atoms with Gasteiger partial charge in [0.15, 0.2) is 0 Å². The molecule has 1 rings (SSSR count). The molecule has 1 aromatic heterocycles. The molecule has 0 aliphatic rings. The van der Waals surface area contributed by atoms with Crippen LogP contribution in [0.4, 0.5) is 0 Å². The molecule has 0 aliphatic heterocycles. The van der Waals surface area contributed by atoms with Gasteiger partial charge in [-0.15, -0.1) is 11.8 Å². The van der Waals surface area contributed by atoms with Gasteiger partial charge in [-0.1, -0.05) is 25.4 Å². The van der Waals surface area contributed by atoms with Crippen molar-refractivity contribution in [3.63, 3.8) is 0 Å². The summed E-state index contributed by atoms with van der Waals surface area (Å²) in [4.78, 5) is 8.56. The van der Waals surface area contributed by atoms with E-state index in [1.807, 2.05) is 20.8 Å². The first-order chi connectivity index (χ1) is 7.08. The Morgan fingerprint density at radius 1 is 1.47 bits per heavy atom. The predicted molar refractivity (Wildman–Crippen MR) is 63.6 cm³/mol. The van der Waals surface area contributed by atoms with Crippen molar-refractivity contribution in [2.75, 3.05) is 6.61 Å². The standard InChI is InChI=1S/C10H15ClN2OS/c1-4-8-12-9(11)7(3)10(13-8)15-6(2)5-14/h6,14H,4-5H2,1-3H3. The summed E-state index contributed by atoms with van der Waals surface area (Å²) in [6.45, 7) is 5.97. The smallest absolute Gasteiger partial charge is 0.136 e. The molecule has 0 fully saturated rings. The Balaban J connectivity index is 2.99. The van der Waals surface area contributed by atoms with Gasteiger partial charge in [-0.3, -0.25) is 0 Å². The quantitative estimate of drug-likeness (QED) is 0.655. The summed E-state index contributed by atoms with van der Waals surface area (Å²) >= 11 is 7.53. The normalized spacial score (nSPS) is 12.9. The molecule has 1 heterocycles. The van der Waals surface area contributed by atoms with Crippen molar-refractivity contribution in [1.29, 1.82) is 0 Å². The molecule has 1 unspecified atom stereocenters. The highest BCUT2D eigenvalue weighted by Gasteiger charge is 2.12. The van der Waals surface area contributed by atoms with E-state index >= 15 is 0 Å². The SMILES string of the molecule is CCc1nc(Cl)c(C)c(SC(C)CO)n1. The molecule has 1 atom stereocenters. The average molecular weight is 247 g/mol. The van der Waals surface area contributed by atoms with Gasteiger partial charge in [-0.05, 0) is 6.92 Å². The number of aliphatic hydroxyl groups excluding tert-OH is 1. The summed E-state index contributed by atoms with van der Waals surface area (Å²) in [6, 6.07) is 0. The second kappa shape index (κ2) is 5.68. The second-order valence-corrected chi connectivity index (χ2v) is 5.11. The second-order valence-electron chi connectivity index (χ2n) is 3.33. The van der Waals surface area contributed by atoms with Crippen LogP contribution in [0, 0.1) is 6.92 Å². The molecule has 5 heteroatoms. The van der Waals surface area contributed by atoms with Gasteiger partial charge < -0.3 is 5.11 Å². The highest BCUT2D eigenvalue weighted by Crippen LogP contribution is 2.27. The lowest BCUT2D eigenvalue weighted by molar-refractivity contribution is 0.300. The molecule has 0 amide bonds. The van der Waals surface area contributed by atoms with Gasteiger partial charge in [0.25, 0.3) is 0 Å². The third-order valence-corrected chi connectivity index (χ3v) is 3.51. The molecule has 1 N–H and O–H groups in total. The van der Waals surface area contributed by atoms with Crippen LogP contribution < -0.4 is 0 Å². The van der Waals surface area contributed by atoms with Gasteiger partial charge in [0, 0.05) is 17.2 Å². The Kier molecular flexibility index (Phi) is 4.83. The Labute approximate surface area is 99.3 Å². The van der Waals surface area contributed by atoms with Crippen molar-refractivity contribution in [1.82, 2.24) is 9.97 Å². The molecule has 3 nitrogen and oxygen atoms in total. The van der Waals surface area contributed by atoms with Gasteiger partial charge in [-0.2, -0.15) is 0 Å².